The molecule has 128 valence electrons. The van der Waals surface area contributed by atoms with Crippen molar-refractivity contribution in [3.8, 4) is 11.8 Å². The fourth-order valence-electron chi connectivity index (χ4n) is 2.02. The van der Waals surface area contributed by atoms with E-state index in [1.54, 1.807) is 31.3 Å². The molecule has 2 aromatic carbocycles. The average Bonchev–Trinajstić information content (AvgIpc) is 2.67. The van der Waals surface area contributed by atoms with Gasteiger partial charge in [-0.05, 0) is 29.8 Å². The van der Waals surface area contributed by atoms with Crippen LogP contribution in [-0.4, -0.2) is 25.6 Å². The first kappa shape index (κ1) is 18.1. The van der Waals surface area contributed by atoms with E-state index < -0.39 is 6.09 Å². The van der Waals surface area contributed by atoms with Crippen molar-refractivity contribution in [3.05, 3.63) is 71.3 Å². The number of carbonyl (C=O) groups is 2. The third-order valence-electron chi connectivity index (χ3n) is 3.34. The Labute approximate surface area is 147 Å². The molecule has 2 rings (SSSR count). The molecule has 2 aromatic rings. The van der Waals surface area contributed by atoms with E-state index >= 15 is 0 Å². The van der Waals surface area contributed by atoms with Crippen LogP contribution >= 0.6 is 0 Å². The number of amides is 2. The van der Waals surface area contributed by atoms with Crippen molar-refractivity contribution in [3.63, 3.8) is 0 Å². The van der Waals surface area contributed by atoms with Gasteiger partial charge in [0, 0.05) is 31.1 Å². The monoisotopic (exact) mass is 336 g/mol. The molecule has 0 spiro atoms. The summed E-state index contributed by atoms with van der Waals surface area (Å²) in [6.07, 6.45) is 0.0537. The molecule has 0 atom stereocenters. The smallest absolute Gasteiger partial charge is 0.407 e. The quantitative estimate of drug-likeness (QED) is 0.652. The highest BCUT2D eigenvalue weighted by Crippen LogP contribution is 2.03. The Morgan fingerprint density at radius 3 is 2.44 bits per heavy atom. The highest BCUT2D eigenvalue weighted by atomic mass is 16.5. The molecule has 0 unspecified atom stereocenters. The predicted molar refractivity (Wildman–Crippen MR) is 96.0 cm³/mol. The van der Waals surface area contributed by atoms with Crippen LogP contribution in [-0.2, 0) is 11.3 Å². The molecule has 0 aliphatic rings. The molecule has 0 aliphatic carbocycles. The second-order valence-corrected chi connectivity index (χ2v) is 5.20. The minimum atomic E-state index is -0.458. The van der Waals surface area contributed by atoms with Gasteiger partial charge in [-0.25, -0.2) is 4.79 Å². The number of hydrogen-bond donors (Lipinski definition) is 2. The number of alkyl carbamates (subject to hydrolysis) is 1. The van der Waals surface area contributed by atoms with Crippen molar-refractivity contribution in [1.82, 2.24) is 10.6 Å². The first-order chi connectivity index (χ1) is 12.2. The van der Waals surface area contributed by atoms with Gasteiger partial charge in [-0.15, -0.1) is 0 Å². The van der Waals surface area contributed by atoms with E-state index in [1.165, 1.54) is 0 Å². The highest BCUT2D eigenvalue weighted by Gasteiger charge is 2.01. The summed E-state index contributed by atoms with van der Waals surface area (Å²) in [6.45, 7) is 0.660. The Kier molecular flexibility index (Phi) is 7.08. The van der Waals surface area contributed by atoms with Gasteiger partial charge in [-0.3, -0.25) is 4.79 Å². The lowest BCUT2D eigenvalue weighted by molar-refractivity contribution is 0.0963. The second kappa shape index (κ2) is 9.78. The third kappa shape index (κ3) is 6.40. The largest absolute Gasteiger partial charge is 0.445 e. The summed E-state index contributed by atoms with van der Waals surface area (Å²) in [7, 11) is 1.59. The SMILES string of the molecule is CNC(=O)c1ccc(C#CCCNC(=O)OCc2ccccc2)cc1. The zero-order chi connectivity index (χ0) is 17.9. The van der Waals surface area contributed by atoms with E-state index in [-0.39, 0.29) is 12.5 Å². The lowest BCUT2D eigenvalue weighted by Gasteiger charge is -2.05. The molecular weight excluding hydrogens is 316 g/mol. The molecule has 2 amide bonds. The molecule has 0 saturated heterocycles. The Balaban J connectivity index is 1.68. The van der Waals surface area contributed by atoms with Gasteiger partial charge in [-0.1, -0.05) is 42.2 Å². The minimum absolute atomic E-state index is 0.127. The fourth-order valence-corrected chi connectivity index (χ4v) is 2.02. The van der Waals surface area contributed by atoms with Crippen LogP contribution in [0.15, 0.2) is 54.6 Å². The molecular formula is C20H20N2O3. The summed E-state index contributed by atoms with van der Waals surface area (Å²) in [5.41, 5.74) is 2.35. The highest BCUT2D eigenvalue weighted by molar-refractivity contribution is 5.94. The zero-order valence-corrected chi connectivity index (χ0v) is 14.0. The number of nitrogens with one attached hydrogen (secondary N) is 2. The maximum Gasteiger partial charge on any atom is 0.407 e. The number of hydrogen-bond acceptors (Lipinski definition) is 3. The summed E-state index contributed by atoms with van der Waals surface area (Å²) >= 11 is 0. The lowest BCUT2D eigenvalue weighted by Crippen LogP contribution is -2.24. The van der Waals surface area contributed by atoms with Gasteiger partial charge >= 0.3 is 6.09 Å². The molecule has 5 nitrogen and oxygen atoms in total. The molecule has 0 bridgehead atoms. The third-order valence-corrected chi connectivity index (χ3v) is 3.34. The summed E-state index contributed by atoms with van der Waals surface area (Å²) < 4.78 is 5.10. The van der Waals surface area contributed by atoms with Crippen molar-refractivity contribution < 1.29 is 14.3 Å². The minimum Gasteiger partial charge on any atom is -0.445 e. The van der Waals surface area contributed by atoms with Gasteiger partial charge in [0.15, 0.2) is 0 Å². The number of benzene rings is 2. The van der Waals surface area contributed by atoms with Crippen LogP contribution in [0, 0.1) is 11.8 Å². The predicted octanol–water partition coefficient (Wildman–Crippen LogP) is 2.71. The van der Waals surface area contributed by atoms with E-state index in [9.17, 15) is 9.59 Å². The van der Waals surface area contributed by atoms with Crippen molar-refractivity contribution in [2.24, 2.45) is 0 Å². The molecule has 0 radical (unpaired) electrons. The van der Waals surface area contributed by atoms with Gasteiger partial charge < -0.3 is 15.4 Å². The Hall–Kier alpha value is -3.26. The Morgan fingerprint density at radius 1 is 1.04 bits per heavy atom. The van der Waals surface area contributed by atoms with Gasteiger partial charge in [0.25, 0.3) is 5.91 Å². The Morgan fingerprint density at radius 2 is 1.76 bits per heavy atom. The zero-order valence-electron chi connectivity index (χ0n) is 14.0. The van der Waals surface area contributed by atoms with Crippen LogP contribution in [0.3, 0.4) is 0 Å². The second-order valence-electron chi connectivity index (χ2n) is 5.20. The first-order valence-electron chi connectivity index (χ1n) is 7.94. The van der Waals surface area contributed by atoms with Crippen LogP contribution in [0.2, 0.25) is 0 Å². The van der Waals surface area contributed by atoms with Gasteiger partial charge in [0.05, 0.1) is 0 Å². The lowest BCUT2D eigenvalue weighted by atomic mass is 10.1. The molecule has 0 aliphatic heterocycles. The van der Waals surface area contributed by atoms with Crippen molar-refractivity contribution >= 4 is 12.0 Å². The summed E-state index contributed by atoms with van der Waals surface area (Å²) in [5, 5.41) is 5.22. The van der Waals surface area contributed by atoms with E-state index in [2.05, 4.69) is 22.5 Å². The van der Waals surface area contributed by atoms with Gasteiger partial charge in [-0.2, -0.15) is 0 Å². The van der Waals surface area contributed by atoms with Crippen LogP contribution < -0.4 is 10.6 Å². The van der Waals surface area contributed by atoms with E-state index in [0.29, 0.717) is 18.5 Å². The first-order valence-corrected chi connectivity index (χ1v) is 7.94. The molecule has 0 aromatic heterocycles. The summed E-state index contributed by atoms with van der Waals surface area (Å²) in [4.78, 5) is 23.0. The molecule has 5 heteroatoms. The molecule has 0 heterocycles. The topological polar surface area (TPSA) is 67.4 Å². The Bertz CT molecular complexity index is 759. The van der Waals surface area contributed by atoms with Gasteiger partial charge in [0.2, 0.25) is 0 Å². The molecule has 0 fully saturated rings. The standard InChI is InChI=1S/C20H20N2O3/c1-21-19(23)18-12-10-16(11-13-18)7-5-6-14-22-20(24)25-15-17-8-3-2-4-9-17/h2-4,8-13H,6,14-15H2,1H3,(H,21,23)(H,22,24). The van der Waals surface area contributed by atoms with Crippen LogP contribution in [0.4, 0.5) is 4.79 Å². The van der Waals surface area contributed by atoms with Crippen molar-refractivity contribution in [2.75, 3.05) is 13.6 Å². The van der Waals surface area contributed by atoms with Crippen LogP contribution in [0.25, 0.3) is 0 Å². The van der Waals surface area contributed by atoms with E-state index in [4.69, 9.17) is 4.74 Å². The average molecular weight is 336 g/mol. The van der Waals surface area contributed by atoms with Crippen molar-refractivity contribution in [1.29, 1.82) is 0 Å². The van der Waals surface area contributed by atoms with E-state index in [1.807, 2.05) is 30.3 Å². The van der Waals surface area contributed by atoms with E-state index in [0.717, 1.165) is 11.1 Å². The number of rotatable bonds is 5. The van der Waals surface area contributed by atoms with Gasteiger partial charge in [0.1, 0.15) is 6.61 Å². The number of carbonyl (C=O) groups excluding carboxylic acids is 2. The number of ether oxygens (including phenoxy) is 1. The van der Waals surface area contributed by atoms with Crippen LogP contribution in [0.1, 0.15) is 27.9 Å². The molecule has 25 heavy (non-hydrogen) atoms. The molecule has 0 saturated carbocycles. The summed E-state index contributed by atoms with van der Waals surface area (Å²) in [6, 6.07) is 16.5. The summed E-state index contributed by atoms with van der Waals surface area (Å²) in [5.74, 6) is 5.83. The molecule has 2 N–H and O–H groups in total. The maximum atomic E-state index is 11.6. The fraction of sp³-hybridized carbons (Fsp3) is 0.200. The maximum absolute atomic E-state index is 11.6. The van der Waals surface area contributed by atoms with Crippen molar-refractivity contribution in [2.45, 2.75) is 13.0 Å². The van der Waals surface area contributed by atoms with Crippen LogP contribution in [0.5, 0.6) is 0 Å². The normalized spacial score (nSPS) is 9.48.